The highest BCUT2D eigenvalue weighted by molar-refractivity contribution is 7.12. The van der Waals surface area contributed by atoms with Crippen LogP contribution in [0.15, 0.2) is 47.2 Å². The summed E-state index contributed by atoms with van der Waals surface area (Å²) in [6.07, 6.45) is 2.66. The van der Waals surface area contributed by atoms with Gasteiger partial charge in [-0.3, -0.25) is 4.79 Å². The van der Waals surface area contributed by atoms with E-state index in [4.69, 9.17) is 21.1 Å². The summed E-state index contributed by atoms with van der Waals surface area (Å²) in [5, 5.41) is 27.9. The van der Waals surface area contributed by atoms with Gasteiger partial charge in [0.1, 0.15) is 11.9 Å². The maximum absolute atomic E-state index is 13.3. The minimum absolute atomic E-state index is 0.186. The third kappa shape index (κ3) is 6.96. The van der Waals surface area contributed by atoms with Gasteiger partial charge in [-0.25, -0.2) is 4.79 Å². The Balaban J connectivity index is 1.33. The Bertz CT molecular complexity index is 1290. The number of amides is 1. The maximum Gasteiger partial charge on any atom is 0.349 e. The molecule has 8 nitrogen and oxygen atoms in total. The van der Waals surface area contributed by atoms with Crippen molar-refractivity contribution in [3.8, 4) is 5.75 Å². The van der Waals surface area contributed by atoms with Crippen molar-refractivity contribution in [3.63, 3.8) is 0 Å². The molecule has 3 aromatic rings. The molecule has 0 bridgehead atoms. The van der Waals surface area contributed by atoms with Crippen molar-refractivity contribution in [1.29, 1.82) is 0 Å². The van der Waals surface area contributed by atoms with Crippen LogP contribution in [-0.4, -0.2) is 59.8 Å². The number of ether oxygens (including phenoxy) is 2. The first kappa shape index (κ1) is 31.5. The van der Waals surface area contributed by atoms with Gasteiger partial charge in [0.15, 0.2) is 0 Å². The fourth-order valence-electron chi connectivity index (χ4n) is 5.25. The Hall–Kier alpha value is -2.47. The molecule has 0 unspecified atom stereocenters. The number of methoxy groups -OCH3 is 1. The summed E-state index contributed by atoms with van der Waals surface area (Å²) in [7, 11) is 3.50. The van der Waals surface area contributed by atoms with E-state index in [1.54, 1.807) is 24.3 Å². The largest absolute Gasteiger partial charge is 0.496 e. The quantitative estimate of drug-likeness (QED) is 0.238. The first-order chi connectivity index (χ1) is 19.5. The lowest BCUT2D eigenvalue weighted by Gasteiger charge is -2.38. The van der Waals surface area contributed by atoms with Crippen LogP contribution in [0, 0.1) is 5.41 Å². The number of aliphatic hydroxyl groups is 2. The van der Waals surface area contributed by atoms with Crippen molar-refractivity contribution < 1.29 is 29.3 Å². The third-order valence-electron chi connectivity index (χ3n) is 7.64. The zero-order chi connectivity index (χ0) is 29.8. The molecule has 1 aromatic carbocycles. The third-order valence-corrected chi connectivity index (χ3v) is 9.91. The molecular weight excluding hydrogens is 584 g/mol. The number of hydrogen-bond donors (Lipinski definition) is 3. The standard InChI is InChI=1S/C30H37ClN2O6S2/c1-29(2,27(35)32-23-16-24(38-4)19(17-34)15-22(23)31)18-33(3)20-9-11-21(12-10-20)39-28(36)30(37,25-7-5-13-40-25)26-8-6-14-41-26/h5-8,13-16,20-21,34,37H,9-12,17-18H2,1-4H3,(H,32,35). The molecule has 0 atom stereocenters. The second kappa shape index (κ2) is 13.2. The summed E-state index contributed by atoms with van der Waals surface area (Å²) in [4.78, 5) is 29.8. The summed E-state index contributed by atoms with van der Waals surface area (Å²) in [5.74, 6) is -0.378. The van der Waals surface area contributed by atoms with Crippen molar-refractivity contribution in [3.05, 3.63) is 67.5 Å². The van der Waals surface area contributed by atoms with Crippen LogP contribution < -0.4 is 10.1 Å². The van der Waals surface area contributed by atoms with E-state index in [9.17, 15) is 19.8 Å². The molecule has 222 valence electrons. The van der Waals surface area contributed by atoms with E-state index in [0.29, 0.717) is 51.2 Å². The molecule has 1 saturated carbocycles. The zero-order valence-electron chi connectivity index (χ0n) is 23.7. The first-order valence-corrected chi connectivity index (χ1v) is 15.6. The van der Waals surface area contributed by atoms with Crippen molar-refractivity contribution in [1.82, 2.24) is 4.90 Å². The second-order valence-corrected chi connectivity index (χ2v) is 13.4. The van der Waals surface area contributed by atoms with Gasteiger partial charge in [-0.05, 0) is 75.5 Å². The van der Waals surface area contributed by atoms with Crippen molar-refractivity contribution in [2.45, 2.75) is 63.9 Å². The highest BCUT2D eigenvalue weighted by Crippen LogP contribution is 2.38. The summed E-state index contributed by atoms with van der Waals surface area (Å²) in [6.45, 7) is 4.05. The molecule has 1 aliphatic rings. The monoisotopic (exact) mass is 620 g/mol. The number of nitrogens with zero attached hydrogens (tertiary/aromatic N) is 1. The van der Waals surface area contributed by atoms with Gasteiger partial charge in [0.25, 0.3) is 0 Å². The van der Waals surface area contributed by atoms with Gasteiger partial charge in [-0.1, -0.05) is 23.7 Å². The number of nitrogens with one attached hydrogen (secondary N) is 1. The fourth-order valence-corrected chi connectivity index (χ4v) is 7.20. The predicted molar refractivity (Wildman–Crippen MR) is 163 cm³/mol. The zero-order valence-corrected chi connectivity index (χ0v) is 26.1. The van der Waals surface area contributed by atoms with Crippen LogP contribution in [-0.2, 0) is 26.5 Å². The van der Waals surface area contributed by atoms with Crippen molar-refractivity contribution in [2.24, 2.45) is 5.41 Å². The highest BCUT2D eigenvalue weighted by Gasteiger charge is 2.45. The molecule has 1 aliphatic carbocycles. The summed E-state index contributed by atoms with van der Waals surface area (Å²) in [6, 6.07) is 10.6. The van der Waals surface area contributed by atoms with Crippen LogP contribution in [0.4, 0.5) is 5.69 Å². The lowest BCUT2D eigenvalue weighted by molar-refractivity contribution is -0.169. The maximum atomic E-state index is 13.3. The average Bonchev–Trinajstić information content (AvgIpc) is 3.69. The number of hydrogen-bond acceptors (Lipinski definition) is 9. The molecule has 1 fully saturated rings. The summed E-state index contributed by atoms with van der Waals surface area (Å²) >= 11 is 9.01. The van der Waals surface area contributed by atoms with E-state index in [1.165, 1.54) is 29.8 Å². The minimum Gasteiger partial charge on any atom is -0.496 e. The normalized spacial score (nSPS) is 17.9. The minimum atomic E-state index is -1.81. The Labute approximate surface area is 253 Å². The molecule has 2 aromatic heterocycles. The molecule has 0 spiro atoms. The molecule has 0 saturated heterocycles. The number of benzene rings is 1. The SMILES string of the molecule is COc1cc(NC(=O)C(C)(C)CN(C)C2CCC(OC(=O)C(O)(c3cccs3)c3cccs3)CC2)c(Cl)cc1CO. The molecule has 2 heterocycles. The molecule has 41 heavy (non-hydrogen) atoms. The smallest absolute Gasteiger partial charge is 0.349 e. The Morgan fingerprint density at radius 3 is 2.22 bits per heavy atom. The van der Waals surface area contributed by atoms with Crippen LogP contribution in [0.1, 0.15) is 54.8 Å². The Kier molecular flexibility index (Phi) is 10.2. The van der Waals surface area contributed by atoms with Crippen LogP contribution in [0.3, 0.4) is 0 Å². The molecule has 0 radical (unpaired) electrons. The van der Waals surface area contributed by atoms with Gasteiger partial charge < -0.3 is 29.9 Å². The van der Waals surface area contributed by atoms with E-state index >= 15 is 0 Å². The van der Waals surface area contributed by atoms with Crippen molar-refractivity contribution >= 4 is 51.8 Å². The predicted octanol–water partition coefficient (Wildman–Crippen LogP) is 5.65. The Morgan fingerprint density at radius 2 is 1.71 bits per heavy atom. The van der Waals surface area contributed by atoms with Crippen LogP contribution in [0.25, 0.3) is 0 Å². The number of thiophene rings is 2. The van der Waals surface area contributed by atoms with Gasteiger partial charge in [0, 0.05) is 24.2 Å². The molecule has 11 heteroatoms. The topological polar surface area (TPSA) is 108 Å². The van der Waals surface area contributed by atoms with Gasteiger partial charge in [0.05, 0.1) is 39.6 Å². The van der Waals surface area contributed by atoms with E-state index in [-0.39, 0.29) is 24.7 Å². The van der Waals surface area contributed by atoms with E-state index in [1.807, 2.05) is 43.8 Å². The number of rotatable bonds is 11. The van der Waals surface area contributed by atoms with E-state index < -0.39 is 17.0 Å². The second-order valence-electron chi connectivity index (χ2n) is 11.1. The fraction of sp³-hybridized carbons (Fsp3) is 0.467. The lowest BCUT2D eigenvalue weighted by Crippen LogP contribution is -2.46. The number of carbonyl (C=O) groups is 2. The van der Waals surface area contributed by atoms with Crippen LogP contribution >= 0.6 is 34.3 Å². The molecule has 3 N–H and O–H groups in total. The Morgan fingerprint density at radius 1 is 1.10 bits per heavy atom. The van der Waals surface area contributed by atoms with Gasteiger partial charge >= 0.3 is 5.97 Å². The highest BCUT2D eigenvalue weighted by atomic mass is 35.5. The van der Waals surface area contributed by atoms with Crippen LogP contribution in [0.5, 0.6) is 5.75 Å². The molecule has 4 rings (SSSR count). The summed E-state index contributed by atoms with van der Waals surface area (Å²) < 4.78 is 11.2. The van der Waals surface area contributed by atoms with E-state index in [2.05, 4.69) is 10.2 Å². The molecular formula is C30H37ClN2O6S2. The number of carbonyl (C=O) groups excluding carboxylic acids is 2. The van der Waals surface area contributed by atoms with Gasteiger partial charge in [-0.15, -0.1) is 22.7 Å². The number of anilines is 1. The van der Waals surface area contributed by atoms with Gasteiger partial charge in [-0.2, -0.15) is 0 Å². The van der Waals surface area contributed by atoms with E-state index in [0.717, 1.165) is 12.8 Å². The summed E-state index contributed by atoms with van der Waals surface area (Å²) in [5.41, 5.74) is -1.58. The number of halogens is 1. The first-order valence-electron chi connectivity index (χ1n) is 13.5. The molecule has 0 aliphatic heterocycles. The van der Waals surface area contributed by atoms with Crippen molar-refractivity contribution in [2.75, 3.05) is 26.0 Å². The van der Waals surface area contributed by atoms with Crippen LogP contribution in [0.2, 0.25) is 5.02 Å². The van der Waals surface area contributed by atoms with Gasteiger partial charge in [0.2, 0.25) is 11.5 Å². The average molecular weight is 621 g/mol. The lowest BCUT2D eigenvalue weighted by atomic mass is 9.87. The number of aliphatic hydroxyl groups excluding tert-OH is 1. The number of esters is 1. The molecule has 1 amide bonds.